The quantitative estimate of drug-likeness (QED) is 0.0117. The smallest absolute Gasteiger partial charge is 0.462 e. The van der Waals surface area contributed by atoms with Crippen molar-refractivity contribution in [3.63, 3.8) is 0 Å². The molecule has 0 saturated heterocycles. The second-order valence-electron chi connectivity index (χ2n) is 15.3. The molecular weight excluding hydrogens is 779 g/mol. The van der Waals surface area contributed by atoms with Crippen LogP contribution in [0, 0.1) is 0 Å². The molecule has 0 radical (unpaired) electrons. The van der Waals surface area contributed by atoms with Crippen LogP contribution in [-0.2, 0) is 32.7 Å². The van der Waals surface area contributed by atoms with Crippen molar-refractivity contribution in [2.24, 2.45) is 0 Å². The molecular formula is C45H77O13P. The summed E-state index contributed by atoms with van der Waals surface area (Å²) in [7, 11) is -5.13. The van der Waals surface area contributed by atoms with Crippen molar-refractivity contribution in [3.8, 4) is 0 Å². The van der Waals surface area contributed by atoms with Crippen LogP contribution in [0.3, 0.4) is 0 Å². The highest BCUT2D eigenvalue weighted by molar-refractivity contribution is 7.47. The minimum absolute atomic E-state index is 0.0641. The molecule has 59 heavy (non-hydrogen) atoms. The summed E-state index contributed by atoms with van der Waals surface area (Å²) in [5.74, 6) is -1.16. The van der Waals surface area contributed by atoms with Crippen LogP contribution in [0.1, 0.15) is 155 Å². The van der Waals surface area contributed by atoms with Gasteiger partial charge in [0.2, 0.25) is 0 Å². The van der Waals surface area contributed by atoms with Crippen molar-refractivity contribution in [2.45, 2.75) is 198 Å². The minimum atomic E-state index is -5.13. The van der Waals surface area contributed by atoms with Crippen LogP contribution >= 0.6 is 7.82 Å². The van der Waals surface area contributed by atoms with E-state index in [1.54, 1.807) is 0 Å². The van der Waals surface area contributed by atoms with Crippen LogP contribution in [0.2, 0.25) is 0 Å². The number of carbonyl (C=O) groups excluding carboxylic acids is 2. The molecule has 1 fully saturated rings. The molecule has 1 rings (SSSR count). The molecule has 340 valence electrons. The zero-order valence-corrected chi connectivity index (χ0v) is 36.7. The molecule has 14 heteroatoms. The van der Waals surface area contributed by atoms with Gasteiger partial charge in [-0.05, 0) is 57.8 Å². The Morgan fingerprint density at radius 1 is 0.542 bits per heavy atom. The van der Waals surface area contributed by atoms with E-state index in [9.17, 15) is 44.6 Å². The average molecular weight is 857 g/mol. The monoisotopic (exact) mass is 857 g/mol. The summed E-state index contributed by atoms with van der Waals surface area (Å²) in [4.78, 5) is 35.6. The lowest BCUT2D eigenvalue weighted by atomic mass is 9.85. The van der Waals surface area contributed by atoms with Gasteiger partial charge in [0.05, 0.1) is 6.61 Å². The first-order chi connectivity index (χ1) is 28.4. The van der Waals surface area contributed by atoms with E-state index in [0.717, 1.165) is 57.8 Å². The normalized spacial score (nSPS) is 22.9. The molecule has 1 aliphatic rings. The molecule has 8 atom stereocenters. The largest absolute Gasteiger partial charge is 0.472 e. The van der Waals surface area contributed by atoms with Crippen molar-refractivity contribution < 1.29 is 63.1 Å². The average Bonchev–Trinajstić information content (AvgIpc) is 3.21. The molecule has 6 N–H and O–H groups in total. The number of hydrogen-bond donors (Lipinski definition) is 6. The maximum Gasteiger partial charge on any atom is 0.472 e. The molecule has 0 spiro atoms. The van der Waals surface area contributed by atoms with E-state index in [-0.39, 0.29) is 12.8 Å². The standard InChI is InChI=1S/C45H77O13P/c1-3-5-7-9-11-13-15-17-19-21-23-25-27-29-31-33-38(46)55-35-37(36-56-59(53,54)58-45-43(51)41(49)40(48)42(50)44(45)52)57-39(47)34-32-30-28-26-24-22-20-18-16-14-12-10-8-6-4-2/h6,8,10,12,14,16,18,20,23,25,37,40-45,48-52H,3-5,7,9,11,13,15,17,19,21-22,24,26-36H2,1-2H3,(H,53,54)/b8-6+,12-10+,16-14+,20-18+,25-23+/t37-,40?,41-,42?,43?,44?,45?/m1/s1. The zero-order chi connectivity index (χ0) is 43.6. The number of phosphoric ester groups is 1. The van der Waals surface area contributed by atoms with Crippen molar-refractivity contribution >= 4 is 19.8 Å². The van der Waals surface area contributed by atoms with Gasteiger partial charge in [-0.3, -0.25) is 18.6 Å². The molecule has 0 aromatic rings. The van der Waals surface area contributed by atoms with E-state index in [0.29, 0.717) is 12.8 Å². The first-order valence-corrected chi connectivity index (χ1v) is 23.6. The molecule has 0 aromatic heterocycles. The molecule has 0 aromatic carbocycles. The molecule has 0 amide bonds. The Morgan fingerprint density at radius 2 is 0.983 bits per heavy atom. The van der Waals surface area contributed by atoms with Gasteiger partial charge in [-0.2, -0.15) is 0 Å². The predicted molar refractivity (Wildman–Crippen MR) is 230 cm³/mol. The van der Waals surface area contributed by atoms with Gasteiger partial charge < -0.3 is 39.9 Å². The first-order valence-electron chi connectivity index (χ1n) is 22.1. The Labute approximate surface area is 353 Å². The fourth-order valence-corrected chi connectivity index (χ4v) is 7.32. The zero-order valence-electron chi connectivity index (χ0n) is 35.8. The van der Waals surface area contributed by atoms with Crippen LogP contribution in [-0.4, -0.2) is 98.3 Å². The maximum absolute atomic E-state index is 12.8. The Kier molecular flexibility index (Phi) is 32.5. The van der Waals surface area contributed by atoms with Gasteiger partial charge in [0.15, 0.2) is 6.10 Å². The van der Waals surface area contributed by atoms with Crippen molar-refractivity contribution in [1.29, 1.82) is 0 Å². The Bertz CT molecular complexity index is 1270. The Morgan fingerprint density at radius 3 is 1.56 bits per heavy atom. The summed E-state index contributed by atoms with van der Waals surface area (Å²) in [6, 6.07) is 0. The lowest BCUT2D eigenvalue weighted by Crippen LogP contribution is -2.64. The van der Waals surface area contributed by atoms with Gasteiger partial charge in [-0.1, -0.05) is 145 Å². The second kappa shape index (κ2) is 35.2. The number of ether oxygens (including phenoxy) is 2. The number of phosphoric acid groups is 1. The summed E-state index contributed by atoms with van der Waals surface area (Å²) in [5, 5.41) is 50.1. The van der Waals surface area contributed by atoms with Crippen LogP contribution in [0.15, 0.2) is 60.8 Å². The summed E-state index contributed by atoms with van der Waals surface area (Å²) in [6.45, 7) is 3.11. The SMILES string of the molecule is CC/C=C/C=C/C=C/C=C/CCCCCCCC(=O)O[C@H](COC(=O)CCCC/C=C/CCCCCCCCCCC)COP(=O)(O)OC1C(O)C(O)C(O)[C@@H](O)C1O. The number of esters is 2. The lowest BCUT2D eigenvalue weighted by molar-refractivity contribution is -0.220. The molecule has 1 saturated carbocycles. The number of rotatable bonds is 35. The number of allylic oxidation sites excluding steroid dienone is 10. The number of unbranched alkanes of at least 4 members (excludes halogenated alkanes) is 16. The Balaban J connectivity index is 2.52. The molecule has 0 aliphatic heterocycles. The summed E-state index contributed by atoms with van der Waals surface area (Å²) < 4.78 is 33.4. The fraction of sp³-hybridized carbons (Fsp3) is 0.733. The molecule has 0 bridgehead atoms. The van der Waals surface area contributed by atoms with Gasteiger partial charge in [-0.25, -0.2) is 4.57 Å². The highest BCUT2D eigenvalue weighted by Gasteiger charge is 2.51. The van der Waals surface area contributed by atoms with Gasteiger partial charge in [-0.15, -0.1) is 0 Å². The molecule has 1 aliphatic carbocycles. The van der Waals surface area contributed by atoms with Crippen molar-refractivity contribution in [1.82, 2.24) is 0 Å². The molecule has 13 nitrogen and oxygen atoms in total. The van der Waals surface area contributed by atoms with E-state index >= 15 is 0 Å². The summed E-state index contributed by atoms with van der Waals surface area (Å²) in [5.41, 5.74) is 0. The van der Waals surface area contributed by atoms with Crippen LogP contribution in [0.25, 0.3) is 0 Å². The third kappa shape index (κ3) is 27.9. The van der Waals surface area contributed by atoms with Crippen molar-refractivity contribution in [2.75, 3.05) is 13.2 Å². The highest BCUT2D eigenvalue weighted by Crippen LogP contribution is 2.47. The van der Waals surface area contributed by atoms with Crippen LogP contribution in [0.5, 0.6) is 0 Å². The first kappa shape index (κ1) is 54.6. The second-order valence-corrected chi connectivity index (χ2v) is 16.7. The Hall–Kier alpha value is -2.45. The fourth-order valence-electron chi connectivity index (χ4n) is 6.35. The van der Waals surface area contributed by atoms with Gasteiger partial charge in [0.1, 0.15) is 43.2 Å². The maximum atomic E-state index is 12.8. The van der Waals surface area contributed by atoms with Crippen LogP contribution in [0.4, 0.5) is 0 Å². The number of aliphatic hydroxyl groups is 5. The van der Waals surface area contributed by atoms with Gasteiger partial charge in [0, 0.05) is 12.8 Å². The third-order valence-corrected chi connectivity index (χ3v) is 10.9. The van der Waals surface area contributed by atoms with E-state index < -0.39 is 75.7 Å². The van der Waals surface area contributed by atoms with Gasteiger partial charge in [0.25, 0.3) is 0 Å². The predicted octanol–water partition coefficient (Wildman–Crippen LogP) is 8.16. The van der Waals surface area contributed by atoms with E-state index in [1.807, 2.05) is 36.5 Å². The van der Waals surface area contributed by atoms with E-state index in [2.05, 4.69) is 38.2 Å². The lowest BCUT2D eigenvalue weighted by Gasteiger charge is -2.41. The van der Waals surface area contributed by atoms with E-state index in [4.69, 9.17) is 18.5 Å². The van der Waals surface area contributed by atoms with Gasteiger partial charge >= 0.3 is 19.8 Å². The number of aliphatic hydroxyl groups excluding tert-OH is 5. The summed E-state index contributed by atoms with van der Waals surface area (Å²) >= 11 is 0. The van der Waals surface area contributed by atoms with Crippen LogP contribution < -0.4 is 0 Å². The third-order valence-electron chi connectivity index (χ3n) is 9.94. The number of hydrogen-bond acceptors (Lipinski definition) is 12. The molecule has 0 heterocycles. The summed E-state index contributed by atoms with van der Waals surface area (Å²) in [6.07, 6.45) is 28.5. The highest BCUT2D eigenvalue weighted by atomic mass is 31.2. The topological polar surface area (TPSA) is 210 Å². The number of carbonyl (C=O) groups is 2. The van der Waals surface area contributed by atoms with Crippen molar-refractivity contribution in [3.05, 3.63) is 60.8 Å². The van der Waals surface area contributed by atoms with E-state index in [1.165, 1.54) is 57.8 Å². The molecule has 6 unspecified atom stereocenters. The minimum Gasteiger partial charge on any atom is -0.462 e.